The lowest BCUT2D eigenvalue weighted by atomic mass is 10.1. The predicted octanol–water partition coefficient (Wildman–Crippen LogP) is 2.90. The van der Waals surface area contributed by atoms with E-state index < -0.39 is 0 Å². The summed E-state index contributed by atoms with van der Waals surface area (Å²) in [5.74, 6) is 0. The van der Waals surface area contributed by atoms with Gasteiger partial charge in [-0.25, -0.2) is 0 Å². The fourth-order valence-corrected chi connectivity index (χ4v) is 1.12. The van der Waals surface area contributed by atoms with Crippen LogP contribution >= 0.6 is 0 Å². The molecule has 0 unspecified atom stereocenters. The van der Waals surface area contributed by atoms with Gasteiger partial charge in [0.2, 0.25) is 0 Å². The van der Waals surface area contributed by atoms with Crippen molar-refractivity contribution >= 4 is 5.57 Å². The van der Waals surface area contributed by atoms with E-state index in [-0.39, 0.29) is 0 Å². The molecule has 0 radical (unpaired) electrons. The van der Waals surface area contributed by atoms with Gasteiger partial charge in [-0.15, -0.1) is 0 Å². The summed E-state index contributed by atoms with van der Waals surface area (Å²) in [5.41, 5.74) is 2.29. The Labute approximate surface area is 79.4 Å². The SMILES string of the molecule is C=C/C(=C\COC)c1ccccc1. The molecule has 68 valence electrons. The maximum Gasteiger partial charge on any atom is 0.0652 e. The Morgan fingerprint density at radius 2 is 2.08 bits per heavy atom. The number of ether oxygens (including phenoxy) is 1. The van der Waals surface area contributed by atoms with E-state index in [2.05, 4.69) is 18.7 Å². The van der Waals surface area contributed by atoms with Crippen molar-refractivity contribution in [1.82, 2.24) is 0 Å². The van der Waals surface area contributed by atoms with Crippen LogP contribution in [0.25, 0.3) is 5.57 Å². The normalized spacial score (nSPS) is 11.3. The van der Waals surface area contributed by atoms with Crippen LogP contribution in [0, 0.1) is 0 Å². The van der Waals surface area contributed by atoms with Crippen LogP contribution in [-0.4, -0.2) is 13.7 Å². The molecule has 0 atom stereocenters. The Balaban J connectivity index is 2.84. The smallest absolute Gasteiger partial charge is 0.0652 e. The van der Waals surface area contributed by atoms with E-state index in [9.17, 15) is 0 Å². The standard InChI is InChI=1S/C12H14O/c1-3-11(9-10-13-2)12-7-5-4-6-8-12/h3-9H,1,10H2,2H3/b11-9+. The van der Waals surface area contributed by atoms with E-state index in [1.54, 1.807) is 7.11 Å². The Kier molecular flexibility index (Phi) is 4.00. The summed E-state index contributed by atoms with van der Waals surface area (Å²) in [6, 6.07) is 10.1. The molecule has 13 heavy (non-hydrogen) atoms. The number of rotatable bonds is 4. The third kappa shape index (κ3) is 2.88. The summed E-state index contributed by atoms with van der Waals surface area (Å²) in [4.78, 5) is 0. The van der Waals surface area contributed by atoms with Crippen molar-refractivity contribution in [2.45, 2.75) is 0 Å². The van der Waals surface area contributed by atoms with Gasteiger partial charge in [-0.2, -0.15) is 0 Å². The van der Waals surface area contributed by atoms with Gasteiger partial charge >= 0.3 is 0 Å². The van der Waals surface area contributed by atoms with Crippen molar-refractivity contribution in [3.05, 3.63) is 54.6 Å². The molecule has 0 spiro atoms. The summed E-state index contributed by atoms with van der Waals surface area (Å²) in [6.45, 7) is 4.39. The van der Waals surface area contributed by atoms with Crippen molar-refractivity contribution in [3.63, 3.8) is 0 Å². The summed E-state index contributed by atoms with van der Waals surface area (Å²) < 4.78 is 4.97. The zero-order chi connectivity index (χ0) is 9.52. The van der Waals surface area contributed by atoms with Crippen molar-refractivity contribution in [1.29, 1.82) is 0 Å². The van der Waals surface area contributed by atoms with Gasteiger partial charge in [-0.1, -0.05) is 49.1 Å². The highest BCUT2D eigenvalue weighted by Crippen LogP contribution is 2.14. The number of benzene rings is 1. The van der Waals surface area contributed by atoms with E-state index in [1.807, 2.05) is 30.4 Å². The second-order valence-corrected chi connectivity index (χ2v) is 2.68. The first-order chi connectivity index (χ1) is 6.38. The van der Waals surface area contributed by atoms with Crippen LogP contribution in [0.4, 0.5) is 0 Å². The first-order valence-corrected chi connectivity index (χ1v) is 4.25. The quantitative estimate of drug-likeness (QED) is 0.638. The van der Waals surface area contributed by atoms with E-state index >= 15 is 0 Å². The molecule has 0 bridgehead atoms. The molecule has 1 rings (SSSR count). The van der Waals surface area contributed by atoms with Gasteiger partial charge < -0.3 is 4.74 Å². The summed E-state index contributed by atoms with van der Waals surface area (Å²) in [7, 11) is 1.68. The van der Waals surface area contributed by atoms with Crippen LogP contribution in [0.1, 0.15) is 5.56 Å². The Morgan fingerprint density at radius 1 is 1.38 bits per heavy atom. The van der Waals surface area contributed by atoms with Crippen LogP contribution in [0.3, 0.4) is 0 Å². The molecule has 1 nitrogen and oxygen atoms in total. The average Bonchev–Trinajstić information content (AvgIpc) is 2.21. The molecule has 0 aliphatic rings. The Bertz CT molecular complexity index is 285. The maximum atomic E-state index is 4.97. The number of allylic oxidation sites excluding steroid dienone is 2. The first kappa shape index (κ1) is 9.75. The molecule has 0 N–H and O–H groups in total. The number of hydrogen-bond acceptors (Lipinski definition) is 1. The lowest BCUT2D eigenvalue weighted by Gasteiger charge is -2.01. The third-order valence-corrected chi connectivity index (χ3v) is 1.80. The summed E-state index contributed by atoms with van der Waals surface area (Å²) in [6.07, 6.45) is 3.86. The van der Waals surface area contributed by atoms with Crippen molar-refractivity contribution in [2.24, 2.45) is 0 Å². The van der Waals surface area contributed by atoms with Gasteiger partial charge in [0.15, 0.2) is 0 Å². The van der Waals surface area contributed by atoms with Gasteiger partial charge in [0, 0.05) is 7.11 Å². The van der Waals surface area contributed by atoms with Gasteiger partial charge in [-0.3, -0.25) is 0 Å². The van der Waals surface area contributed by atoms with Crippen LogP contribution < -0.4 is 0 Å². The fourth-order valence-electron chi connectivity index (χ4n) is 1.12. The molecule has 0 fully saturated rings. The van der Waals surface area contributed by atoms with Crippen molar-refractivity contribution in [2.75, 3.05) is 13.7 Å². The molecule has 0 heterocycles. The molecule has 1 heteroatoms. The second kappa shape index (κ2) is 5.33. The molecule has 1 aromatic carbocycles. The van der Waals surface area contributed by atoms with Crippen molar-refractivity contribution in [3.8, 4) is 0 Å². The summed E-state index contributed by atoms with van der Waals surface area (Å²) in [5, 5.41) is 0. The highest BCUT2D eigenvalue weighted by Gasteiger charge is 1.93. The minimum Gasteiger partial charge on any atom is -0.381 e. The predicted molar refractivity (Wildman–Crippen MR) is 56.5 cm³/mol. The lowest BCUT2D eigenvalue weighted by Crippen LogP contribution is -1.85. The third-order valence-electron chi connectivity index (χ3n) is 1.80. The molecule has 0 saturated heterocycles. The van der Waals surface area contributed by atoms with Crippen LogP contribution in [0.15, 0.2) is 49.1 Å². The number of hydrogen-bond donors (Lipinski definition) is 0. The van der Waals surface area contributed by atoms with Gasteiger partial charge in [0.05, 0.1) is 6.61 Å². The molecule has 0 aliphatic heterocycles. The Hall–Kier alpha value is -1.34. The van der Waals surface area contributed by atoms with Gasteiger partial charge in [0.25, 0.3) is 0 Å². The minimum atomic E-state index is 0.621. The largest absolute Gasteiger partial charge is 0.381 e. The van der Waals surface area contributed by atoms with Gasteiger partial charge in [0.1, 0.15) is 0 Å². The second-order valence-electron chi connectivity index (χ2n) is 2.68. The maximum absolute atomic E-state index is 4.97. The molecular weight excluding hydrogens is 160 g/mol. The molecule has 0 aromatic heterocycles. The van der Waals surface area contributed by atoms with Crippen LogP contribution in [0.2, 0.25) is 0 Å². The monoisotopic (exact) mass is 174 g/mol. The number of methoxy groups -OCH3 is 1. The Morgan fingerprint density at radius 3 is 2.62 bits per heavy atom. The zero-order valence-electron chi connectivity index (χ0n) is 7.86. The fraction of sp³-hybridized carbons (Fsp3) is 0.167. The summed E-state index contributed by atoms with van der Waals surface area (Å²) >= 11 is 0. The topological polar surface area (TPSA) is 9.23 Å². The molecule has 0 aliphatic carbocycles. The highest BCUT2D eigenvalue weighted by molar-refractivity contribution is 5.73. The molecule has 0 amide bonds. The van der Waals surface area contributed by atoms with Crippen LogP contribution in [-0.2, 0) is 4.74 Å². The highest BCUT2D eigenvalue weighted by atomic mass is 16.5. The molecular formula is C12H14O. The minimum absolute atomic E-state index is 0.621. The van der Waals surface area contributed by atoms with E-state index in [1.165, 1.54) is 5.56 Å². The molecule has 0 saturated carbocycles. The van der Waals surface area contributed by atoms with Crippen LogP contribution in [0.5, 0.6) is 0 Å². The van der Waals surface area contributed by atoms with E-state index in [4.69, 9.17) is 4.74 Å². The van der Waals surface area contributed by atoms with E-state index in [0.29, 0.717) is 6.61 Å². The first-order valence-electron chi connectivity index (χ1n) is 4.25. The zero-order valence-corrected chi connectivity index (χ0v) is 7.86. The average molecular weight is 174 g/mol. The molecule has 1 aromatic rings. The van der Waals surface area contributed by atoms with E-state index in [0.717, 1.165) is 5.57 Å². The lowest BCUT2D eigenvalue weighted by molar-refractivity contribution is 0.234. The van der Waals surface area contributed by atoms with Gasteiger partial charge in [-0.05, 0) is 11.1 Å². The van der Waals surface area contributed by atoms with Crippen molar-refractivity contribution < 1.29 is 4.74 Å².